The van der Waals surface area contributed by atoms with Crippen LogP contribution in [0.25, 0.3) is 0 Å². The Kier molecular flexibility index (Phi) is 31.7. The number of ether oxygens (including phenoxy) is 6. The first kappa shape index (κ1) is 84.1. The van der Waals surface area contributed by atoms with Crippen molar-refractivity contribution in [2.75, 3.05) is 0 Å². The number of rotatable bonds is 6. The van der Waals surface area contributed by atoms with E-state index in [0.717, 1.165) is 116 Å². The van der Waals surface area contributed by atoms with Gasteiger partial charge in [0.05, 0.1) is 67.2 Å². The van der Waals surface area contributed by atoms with Crippen molar-refractivity contribution in [3.8, 4) is 0 Å². The molecule has 0 spiro atoms. The quantitative estimate of drug-likeness (QED) is 0.226. The molecule has 0 radical (unpaired) electrons. The van der Waals surface area contributed by atoms with Crippen LogP contribution in [0, 0.1) is 35.5 Å². The molecule has 18 unspecified atom stereocenters. The van der Waals surface area contributed by atoms with Crippen molar-refractivity contribution in [2.45, 2.75) is 351 Å². The first-order valence-corrected chi connectivity index (χ1v) is 29.1. The van der Waals surface area contributed by atoms with Gasteiger partial charge in [-0.25, -0.2) is 0 Å². The molecule has 12 fully saturated rings. The minimum atomic E-state index is -0.492. The third-order valence-electron chi connectivity index (χ3n) is 22.5. The summed E-state index contributed by atoms with van der Waals surface area (Å²) >= 11 is 0. The Morgan fingerprint density at radius 1 is 0.266 bits per heavy atom. The van der Waals surface area contributed by atoms with Crippen molar-refractivity contribution < 1.29 is 234 Å². The third kappa shape index (κ3) is 16.0. The molecule has 12 rings (SSSR count). The minimum Gasteiger partial charge on any atom is -0.850 e. The Morgan fingerprint density at radius 2 is 0.367 bits per heavy atom. The fraction of sp³-hybridized carbons (Fsp3) is 1.00. The van der Waals surface area contributed by atoms with Gasteiger partial charge in [0.25, 0.3) is 0 Å². The zero-order chi connectivity index (χ0) is 53.9. The Morgan fingerprint density at radius 3 is 0.405 bits per heavy atom. The van der Waals surface area contributed by atoms with Gasteiger partial charge in [-0.2, -0.15) is 0 Å². The molecular weight excluding hydrogens is 1070 g/mol. The summed E-state index contributed by atoms with van der Waals surface area (Å²) in [5.41, 5.74) is -2.47. The van der Waals surface area contributed by atoms with E-state index in [1.807, 2.05) is 41.5 Å². The molecule has 0 aromatic rings. The van der Waals surface area contributed by atoms with E-state index in [0.29, 0.717) is 35.5 Å². The second kappa shape index (κ2) is 29.8. The SMILES string of the molecule is C.CC(C)C12CCC(C)(O1)C([O-])C2.CC(C)C12CCC(C)(O1)C([O-])C2.CC(C)C12CCC(C)(O1)C([O-])C2.CC(C)C12CCC(C)(O1)C([O-])C2.CC(C)C12CCC(C)(O1)C([O-])C2.CC(C)C12CCC(C)(O1)C([O-])C2.O.[K+].[Na+].[Na+].[Na+].[Na+]. The van der Waals surface area contributed by atoms with E-state index in [2.05, 4.69) is 83.1 Å². The molecule has 0 aromatic heterocycles. The average molecular weight is 1180 g/mol. The maximum Gasteiger partial charge on any atom is 1.00 e. The van der Waals surface area contributed by atoms with Gasteiger partial charge < -0.3 is 64.5 Å². The summed E-state index contributed by atoms with van der Waals surface area (Å²) in [6.45, 7) is 37.7. The van der Waals surface area contributed by atoms with Crippen LogP contribution in [0.2, 0.25) is 0 Å². The molecule has 13 nitrogen and oxygen atoms in total. The summed E-state index contributed by atoms with van der Waals surface area (Å²) in [5.74, 6) is 2.91. The van der Waals surface area contributed by atoms with Crippen molar-refractivity contribution in [1.82, 2.24) is 0 Å². The van der Waals surface area contributed by atoms with Crippen LogP contribution < -0.4 is 200 Å². The van der Waals surface area contributed by atoms with Gasteiger partial charge in [0.1, 0.15) is 0 Å². The predicted molar refractivity (Wildman–Crippen MR) is 279 cm³/mol. The van der Waals surface area contributed by atoms with E-state index >= 15 is 0 Å². The van der Waals surface area contributed by atoms with E-state index in [-0.39, 0.29) is 250 Å². The molecule has 0 amide bonds. The second-order valence-electron chi connectivity index (χ2n) is 29.0. The van der Waals surface area contributed by atoms with Crippen LogP contribution >= 0.6 is 0 Å². The maximum atomic E-state index is 11.6. The minimum absolute atomic E-state index is 0. The van der Waals surface area contributed by atoms with Gasteiger partial charge >= 0.3 is 170 Å². The van der Waals surface area contributed by atoms with E-state index in [4.69, 9.17) is 28.4 Å². The number of hydrogen-bond acceptors (Lipinski definition) is 12. The summed E-state index contributed by atoms with van der Waals surface area (Å²) in [6, 6.07) is 0. The Hall–Kier alpha value is 5.12. The monoisotopic (exact) mass is 1180 g/mol. The van der Waals surface area contributed by atoms with Crippen LogP contribution in [0.1, 0.15) is 248 Å². The molecule has 12 aliphatic heterocycles. The molecule has 12 heterocycles. The van der Waals surface area contributed by atoms with Crippen molar-refractivity contribution in [1.29, 1.82) is 0 Å². The van der Waals surface area contributed by atoms with Crippen LogP contribution in [0.15, 0.2) is 0 Å². The van der Waals surface area contributed by atoms with Crippen LogP contribution in [-0.4, -0.2) is 109 Å². The van der Waals surface area contributed by atoms with Gasteiger partial charge in [-0.1, -0.05) is 127 Å². The average Bonchev–Trinajstić information content (AvgIpc) is 4.17. The first-order valence-electron chi connectivity index (χ1n) is 29.1. The van der Waals surface area contributed by atoms with Crippen molar-refractivity contribution in [3.63, 3.8) is 0 Å². The van der Waals surface area contributed by atoms with Gasteiger partial charge in [0.15, 0.2) is 0 Å². The van der Waals surface area contributed by atoms with Crippen molar-refractivity contribution in [3.05, 3.63) is 0 Å². The molecule has 79 heavy (non-hydrogen) atoms. The summed E-state index contributed by atoms with van der Waals surface area (Å²) in [5, 5.41) is 69.8. The summed E-state index contributed by atoms with van der Waals surface area (Å²) in [7, 11) is 0. The Labute approximate surface area is 612 Å². The molecule has 2 N–H and O–H groups in total. The Balaban J connectivity index is 0.000000908. The smallest absolute Gasteiger partial charge is 0.850 e. The molecule has 436 valence electrons. The summed E-state index contributed by atoms with van der Waals surface area (Å²) in [6.07, 6.45) is 13.6. The molecule has 12 bridgehead atoms. The van der Waals surface area contributed by atoms with E-state index in [1.54, 1.807) is 0 Å². The number of fused-ring (bicyclic) bond motifs is 12. The fourth-order valence-electron chi connectivity index (χ4n) is 15.4. The van der Waals surface area contributed by atoms with Crippen LogP contribution in [0.4, 0.5) is 0 Å². The second-order valence-corrected chi connectivity index (χ2v) is 29.0. The molecule has 0 aliphatic carbocycles. The van der Waals surface area contributed by atoms with E-state index < -0.39 is 36.6 Å². The molecule has 0 aromatic carbocycles. The molecule has 18 heteroatoms. The Bertz CT molecular complexity index is 1590. The molecule has 12 saturated heterocycles. The van der Waals surface area contributed by atoms with Crippen LogP contribution in [0.5, 0.6) is 0 Å². The summed E-state index contributed by atoms with van der Waals surface area (Å²) < 4.78 is 35.5. The number of hydrogen-bond donors (Lipinski definition) is 0. The molecule has 12 aliphatic rings. The topological polar surface area (TPSA) is 225 Å². The normalized spacial score (nSPS) is 47.6. The predicted octanol–water partition coefficient (Wildman–Crippen LogP) is -8.67. The third-order valence-corrected chi connectivity index (χ3v) is 22.5. The van der Waals surface area contributed by atoms with Gasteiger partial charge in [-0.3, -0.25) is 0 Å². The van der Waals surface area contributed by atoms with Crippen molar-refractivity contribution >= 4 is 0 Å². The standard InChI is InChI=1S/6C10H17O2.CH4.K.4Na.H2O/c6*1-7(2)10-5-4-9(3,12-10)8(11)6-10;;;;;;;/h6*7-8H,4-6H2,1-3H3;1H4;;;;;;1H2/q6*-1;;5*+1;. The van der Waals surface area contributed by atoms with E-state index in [9.17, 15) is 30.6 Å². The molecule has 0 saturated carbocycles. The van der Waals surface area contributed by atoms with Gasteiger partial charge in [0.2, 0.25) is 0 Å². The molecular formula is C61H108KNa4O13-. The fourth-order valence-corrected chi connectivity index (χ4v) is 15.4. The van der Waals surface area contributed by atoms with Gasteiger partial charge in [-0.05, 0) is 193 Å². The van der Waals surface area contributed by atoms with Gasteiger partial charge in [-0.15, -0.1) is 0 Å². The molecule has 18 atom stereocenters. The zero-order valence-electron chi connectivity index (χ0n) is 54.1. The van der Waals surface area contributed by atoms with E-state index in [1.165, 1.54) is 0 Å². The van der Waals surface area contributed by atoms with Crippen LogP contribution in [0.3, 0.4) is 0 Å². The first-order chi connectivity index (χ1) is 32.9. The van der Waals surface area contributed by atoms with Gasteiger partial charge in [0, 0.05) is 0 Å². The maximum absolute atomic E-state index is 11.6. The largest absolute Gasteiger partial charge is 1.00 e. The van der Waals surface area contributed by atoms with Crippen molar-refractivity contribution in [2.24, 2.45) is 35.5 Å². The van der Waals surface area contributed by atoms with Crippen LogP contribution in [-0.2, 0) is 28.4 Å². The summed E-state index contributed by atoms with van der Waals surface area (Å²) in [4.78, 5) is 0. The zero-order valence-corrected chi connectivity index (χ0v) is 65.2.